The number of aliphatic hydroxyl groups is 1. The Morgan fingerprint density at radius 1 is 1.04 bits per heavy atom. The molecule has 0 bridgehead atoms. The van der Waals surface area contributed by atoms with Crippen molar-refractivity contribution >= 4 is 35.0 Å². The Bertz CT molecular complexity index is 892. The van der Waals surface area contributed by atoms with Crippen LogP contribution in [0, 0.1) is 6.92 Å². The summed E-state index contributed by atoms with van der Waals surface area (Å²) in [6.45, 7) is 1.31. The van der Waals surface area contributed by atoms with Crippen LogP contribution < -0.4 is 0 Å². The number of rotatable bonds is 5. The summed E-state index contributed by atoms with van der Waals surface area (Å²) in [5.41, 5.74) is -4.69. The highest BCUT2D eigenvalue weighted by Gasteiger charge is 2.56. The van der Waals surface area contributed by atoms with Gasteiger partial charge in [-0.25, -0.2) is 4.79 Å². The van der Waals surface area contributed by atoms with Crippen LogP contribution in [0.3, 0.4) is 0 Å². The van der Waals surface area contributed by atoms with Crippen molar-refractivity contribution in [1.82, 2.24) is 0 Å². The highest BCUT2D eigenvalue weighted by molar-refractivity contribution is 6.34. The van der Waals surface area contributed by atoms with Crippen molar-refractivity contribution in [3.05, 3.63) is 68.7 Å². The van der Waals surface area contributed by atoms with Crippen LogP contribution in [0.2, 0.25) is 10.0 Å². The maximum Gasteiger partial charge on any atom is 0.421 e. The summed E-state index contributed by atoms with van der Waals surface area (Å²) in [5, 5.41) is 19.2. The van der Waals surface area contributed by atoms with E-state index in [1.165, 1.54) is 31.2 Å². The molecule has 0 aliphatic rings. The van der Waals surface area contributed by atoms with Gasteiger partial charge in [0.15, 0.2) is 11.4 Å². The molecule has 0 aromatic heterocycles. The van der Waals surface area contributed by atoms with Crippen LogP contribution in [0.5, 0.6) is 0 Å². The molecule has 4 nitrogen and oxygen atoms in total. The number of aromatic carboxylic acids is 1. The first kappa shape index (κ1) is 21.2. The Balaban J connectivity index is 2.54. The van der Waals surface area contributed by atoms with Crippen LogP contribution in [-0.4, -0.2) is 28.1 Å². The van der Waals surface area contributed by atoms with Crippen molar-refractivity contribution in [1.29, 1.82) is 0 Å². The molecule has 1 unspecified atom stereocenters. The lowest BCUT2D eigenvalue weighted by molar-refractivity contribution is -0.264. The van der Waals surface area contributed by atoms with E-state index in [2.05, 4.69) is 0 Å². The number of ketones is 1. The van der Waals surface area contributed by atoms with Crippen LogP contribution in [-0.2, 0) is 5.60 Å². The number of carboxylic acids is 1. The molecule has 2 N–H and O–H groups in total. The van der Waals surface area contributed by atoms with Crippen LogP contribution >= 0.6 is 23.2 Å². The van der Waals surface area contributed by atoms with Gasteiger partial charge in [0.25, 0.3) is 0 Å². The number of carboxylic acid groups (broad SMARTS) is 1. The molecule has 0 aliphatic heterocycles. The summed E-state index contributed by atoms with van der Waals surface area (Å²) in [4.78, 5) is 23.7. The van der Waals surface area contributed by atoms with E-state index >= 15 is 0 Å². The summed E-state index contributed by atoms with van der Waals surface area (Å²) in [5.74, 6) is -2.40. The third kappa shape index (κ3) is 4.26. The Labute approximate surface area is 162 Å². The lowest BCUT2D eigenvalue weighted by atomic mass is 9.85. The maximum atomic E-state index is 13.7. The van der Waals surface area contributed by atoms with E-state index in [1.807, 2.05) is 0 Å². The molecule has 0 aliphatic carbocycles. The van der Waals surface area contributed by atoms with Crippen molar-refractivity contribution in [2.75, 3.05) is 0 Å². The molecule has 144 valence electrons. The van der Waals surface area contributed by atoms with Gasteiger partial charge < -0.3 is 10.2 Å². The van der Waals surface area contributed by atoms with Crippen molar-refractivity contribution in [3.8, 4) is 0 Å². The van der Waals surface area contributed by atoms with Crippen LogP contribution in [0.25, 0.3) is 0 Å². The zero-order valence-corrected chi connectivity index (χ0v) is 15.3. The highest BCUT2D eigenvalue weighted by Crippen LogP contribution is 2.44. The van der Waals surface area contributed by atoms with E-state index in [1.54, 1.807) is 0 Å². The normalized spacial score (nSPS) is 13.9. The largest absolute Gasteiger partial charge is 0.478 e. The van der Waals surface area contributed by atoms with Gasteiger partial charge in [-0.1, -0.05) is 35.3 Å². The number of benzene rings is 2. The predicted molar refractivity (Wildman–Crippen MR) is 93.5 cm³/mol. The second-order valence-corrected chi connectivity index (χ2v) is 6.77. The van der Waals surface area contributed by atoms with Gasteiger partial charge in [-0.3, -0.25) is 4.79 Å². The monoisotopic (exact) mass is 420 g/mol. The molecular formula is C18H13Cl2F3O4. The van der Waals surface area contributed by atoms with Gasteiger partial charge in [0.1, 0.15) is 0 Å². The molecule has 2 rings (SSSR count). The molecule has 1 atom stereocenters. The van der Waals surface area contributed by atoms with Crippen molar-refractivity contribution in [2.24, 2.45) is 0 Å². The maximum absolute atomic E-state index is 13.7. The number of carbonyl (C=O) groups excluding carboxylic acids is 1. The van der Waals surface area contributed by atoms with Crippen molar-refractivity contribution < 1.29 is 33.0 Å². The number of carbonyl (C=O) groups is 2. The quantitative estimate of drug-likeness (QED) is 0.665. The van der Waals surface area contributed by atoms with Gasteiger partial charge in [-0.15, -0.1) is 0 Å². The molecule has 0 fully saturated rings. The number of hydrogen-bond donors (Lipinski definition) is 2. The average Bonchev–Trinajstić information content (AvgIpc) is 2.52. The number of hydrogen-bond acceptors (Lipinski definition) is 3. The van der Waals surface area contributed by atoms with E-state index in [9.17, 15) is 27.9 Å². The molecule has 0 amide bonds. The minimum atomic E-state index is -5.21. The molecule has 2 aromatic carbocycles. The summed E-state index contributed by atoms with van der Waals surface area (Å²) >= 11 is 11.5. The smallest absolute Gasteiger partial charge is 0.421 e. The third-order valence-corrected chi connectivity index (χ3v) is 4.53. The molecule has 0 saturated heterocycles. The molecule has 9 heteroatoms. The lowest BCUT2D eigenvalue weighted by Crippen LogP contribution is -2.44. The number of Topliss-reactive ketones (excluding diaryl/α,β-unsaturated/α-hetero) is 1. The van der Waals surface area contributed by atoms with Gasteiger partial charge >= 0.3 is 12.1 Å². The Morgan fingerprint density at radius 2 is 1.56 bits per heavy atom. The molecule has 2 aromatic rings. The fraction of sp³-hybridized carbons (Fsp3) is 0.222. The van der Waals surface area contributed by atoms with Crippen LogP contribution in [0.4, 0.5) is 13.2 Å². The fourth-order valence-electron chi connectivity index (χ4n) is 2.66. The topological polar surface area (TPSA) is 74.6 Å². The average molecular weight is 421 g/mol. The SMILES string of the molecule is Cc1c(C(=O)O)cccc1C(=O)CC(O)(c1cc(Cl)cc(Cl)c1)C(F)(F)F. The van der Waals surface area contributed by atoms with Crippen molar-refractivity contribution in [2.45, 2.75) is 25.1 Å². The first-order chi connectivity index (χ1) is 12.4. The Kier molecular flexibility index (Phi) is 5.89. The summed E-state index contributed by atoms with van der Waals surface area (Å²) < 4.78 is 41.0. The highest BCUT2D eigenvalue weighted by atomic mass is 35.5. The minimum absolute atomic E-state index is 0.00338. The minimum Gasteiger partial charge on any atom is -0.478 e. The van der Waals surface area contributed by atoms with Gasteiger partial charge in [-0.2, -0.15) is 13.2 Å². The Hall–Kier alpha value is -2.09. The van der Waals surface area contributed by atoms with Crippen molar-refractivity contribution in [3.63, 3.8) is 0 Å². The lowest BCUT2D eigenvalue weighted by Gasteiger charge is -2.31. The molecular weight excluding hydrogens is 408 g/mol. The van der Waals surface area contributed by atoms with E-state index < -0.39 is 35.5 Å². The summed E-state index contributed by atoms with van der Waals surface area (Å²) in [6, 6.07) is 6.59. The van der Waals surface area contributed by atoms with Gasteiger partial charge in [0.05, 0.1) is 12.0 Å². The van der Waals surface area contributed by atoms with Gasteiger partial charge in [-0.05, 0) is 42.3 Å². The van der Waals surface area contributed by atoms with Crippen LogP contribution in [0.15, 0.2) is 36.4 Å². The van der Waals surface area contributed by atoms with Gasteiger partial charge in [0.2, 0.25) is 0 Å². The van der Waals surface area contributed by atoms with E-state index in [-0.39, 0.29) is 26.7 Å². The van der Waals surface area contributed by atoms with E-state index in [0.717, 1.165) is 12.1 Å². The van der Waals surface area contributed by atoms with Gasteiger partial charge in [0, 0.05) is 15.6 Å². The predicted octanol–water partition coefficient (Wildman–Crippen LogP) is 5.02. The summed E-state index contributed by atoms with van der Waals surface area (Å²) in [6.07, 6.45) is -6.58. The van der Waals surface area contributed by atoms with E-state index in [4.69, 9.17) is 28.3 Å². The molecule has 0 saturated carbocycles. The molecule has 0 radical (unpaired) electrons. The van der Waals surface area contributed by atoms with E-state index in [0.29, 0.717) is 0 Å². The second kappa shape index (κ2) is 7.50. The summed E-state index contributed by atoms with van der Waals surface area (Å²) in [7, 11) is 0. The Morgan fingerprint density at radius 3 is 2.04 bits per heavy atom. The third-order valence-electron chi connectivity index (χ3n) is 4.09. The second-order valence-electron chi connectivity index (χ2n) is 5.90. The van der Waals surface area contributed by atoms with Crippen LogP contribution in [0.1, 0.15) is 38.3 Å². The fourth-order valence-corrected chi connectivity index (χ4v) is 3.18. The molecule has 0 spiro atoms. The molecule has 0 heterocycles. The first-order valence-corrected chi connectivity index (χ1v) is 8.24. The molecule has 27 heavy (non-hydrogen) atoms. The first-order valence-electron chi connectivity index (χ1n) is 7.48. The zero-order valence-electron chi connectivity index (χ0n) is 13.8. The zero-order chi connectivity index (χ0) is 20.6. The number of alkyl halides is 3. The standard InChI is InChI=1S/C18H13Cl2F3O4/c1-9-13(3-2-4-14(9)16(25)26)15(24)8-17(27,18(21,22)23)10-5-11(19)7-12(20)6-10/h2-7,27H,8H2,1H3,(H,25,26). The number of halogens is 5.